The Labute approximate surface area is 146 Å². The quantitative estimate of drug-likeness (QED) is 0.778. The van der Waals surface area contributed by atoms with Crippen molar-refractivity contribution in [3.05, 3.63) is 64.9 Å². The van der Waals surface area contributed by atoms with E-state index >= 15 is 0 Å². The Kier molecular flexibility index (Phi) is 3.30. The van der Waals surface area contributed by atoms with Crippen molar-refractivity contribution in [2.45, 2.75) is 32.2 Å². The van der Waals surface area contributed by atoms with E-state index in [0.717, 1.165) is 41.9 Å². The first-order chi connectivity index (χ1) is 12.3. The number of allylic oxidation sites excluding steroid dienone is 2. The van der Waals surface area contributed by atoms with Crippen LogP contribution in [0.4, 0.5) is 0 Å². The van der Waals surface area contributed by atoms with Gasteiger partial charge in [-0.1, -0.05) is 18.2 Å². The third kappa shape index (κ3) is 2.32. The molecule has 0 atom stereocenters. The van der Waals surface area contributed by atoms with E-state index < -0.39 is 0 Å². The van der Waals surface area contributed by atoms with Crippen molar-refractivity contribution >= 4 is 11.5 Å². The normalized spacial score (nSPS) is 18.0. The van der Waals surface area contributed by atoms with Crippen molar-refractivity contribution in [1.82, 2.24) is 4.90 Å². The van der Waals surface area contributed by atoms with E-state index in [1.165, 1.54) is 23.3 Å². The van der Waals surface area contributed by atoms with Gasteiger partial charge in [0.2, 0.25) is 6.79 Å². The molecule has 1 aliphatic carbocycles. The molecule has 0 fully saturated rings. The Hall–Kier alpha value is -2.75. The van der Waals surface area contributed by atoms with E-state index in [-0.39, 0.29) is 12.7 Å². The summed E-state index contributed by atoms with van der Waals surface area (Å²) in [6.45, 7) is 0.870. The second kappa shape index (κ2) is 5.66. The van der Waals surface area contributed by atoms with Crippen molar-refractivity contribution in [2.75, 3.05) is 6.79 Å². The van der Waals surface area contributed by atoms with Crippen molar-refractivity contribution in [3.63, 3.8) is 0 Å². The number of ether oxygens (including phenoxy) is 2. The summed E-state index contributed by atoms with van der Waals surface area (Å²) in [5, 5.41) is 0. The fourth-order valence-corrected chi connectivity index (χ4v) is 4.07. The summed E-state index contributed by atoms with van der Waals surface area (Å²) in [6.07, 6.45) is 4.28. The van der Waals surface area contributed by atoms with Crippen LogP contribution in [-0.2, 0) is 6.54 Å². The predicted octanol–water partition coefficient (Wildman–Crippen LogP) is 4.36. The van der Waals surface area contributed by atoms with Crippen LogP contribution in [0, 0.1) is 0 Å². The van der Waals surface area contributed by atoms with Crippen molar-refractivity contribution in [1.29, 1.82) is 0 Å². The Bertz CT molecular complexity index is 886. The lowest BCUT2D eigenvalue weighted by Gasteiger charge is -2.36. The number of nitrogens with zero attached hydrogens (tertiary/aromatic N) is 1. The number of carbonyl (C=O) groups excluding carboxylic acids is 1. The Morgan fingerprint density at radius 2 is 1.72 bits per heavy atom. The second-order valence-corrected chi connectivity index (χ2v) is 6.75. The van der Waals surface area contributed by atoms with Gasteiger partial charge in [0.1, 0.15) is 0 Å². The molecule has 0 N–H and O–H groups in total. The van der Waals surface area contributed by atoms with Crippen LogP contribution in [0.2, 0.25) is 0 Å². The van der Waals surface area contributed by atoms with Gasteiger partial charge in [-0.2, -0.15) is 0 Å². The van der Waals surface area contributed by atoms with Crippen LogP contribution in [-0.4, -0.2) is 17.6 Å². The lowest BCUT2D eigenvalue weighted by Crippen LogP contribution is -2.34. The van der Waals surface area contributed by atoms with Crippen LogP contribution in [0.5, 0.6) is 11.5 Å². The average molecular weight is 333 g/mol. The van der Waals surface area contributed by atoms with Crippen LogP contribution >= 0.6 is 0 Å². The number of rotatable bonds is 1. The molecule has 2 aromatic carbocycles. The lowest BCUT2D eigenvalue weighted by molar-refractivity contribution is 0.0786. The standard InChI is InChI=1S/C21H19NO3/c23-21(14-6-2-1-3-7-14)22-12-15-10-19-20(25-13-24-19)11-17(15)16-8-4-5-9-18(16)22/h1-3,6-7,10-11H,4-5,8-9,12-13H2. The van der Waals surface area contributed by atoms with Gasteiger partial charge in [-0.15, -0.1) is 0 Å². The summed E-state index contributed by atoms with van der Waals surface area (Å²) in [6, 6.07) is 13.7. The highest BCUT2D eigenvalue weighted by molar-refractivity contribution is 5.97. The summed E-state index contributed by atoms with van der Waals surface area (Å²) in [5.74, 6) is 1.68. The van der Waals surface area contributed by atoms with Gasteiger partial charge in [0.15, 0.2) is 11.5 Å². The van der Waals surface area contributed by atoms with E-state index in [0.29, 0.717) is 6.54 Å². The highest BCUT2D eigenvalue weighted by atomic mass is 16.7. The molecule has 0 aromatic heterocycles. The smallest absolute Gasteiger partial charge is 0.258 e. The lowest BCUT2D eigenvalue weighted by atomic mass is 9.84. The van der Waals surface area contributed by atoms with E-state index in [4.69, 9.17) is 9.47 Å². The molecule has 0 unspecified atom stereocenters. The van der Waals surface area contributed by atoms with Gasteiger partial charge in [0.05, 0.1) is 6.54 Å². The molecule has 3 aliphatic rings. The molecule has 0 bridgehead atoms. The minimum Gasteiger partial charge on any atom is -0.454 e. The van der Waals surface area contributed by atoms with E-state index in [2.05, 4.69) is 6.07 Å². The first-order valence-corrected chi connectivity index (χ1v) is 8.83. The fraction of sp³-hybridized carbons (Fsp3) is 0.286. The predicted molar refractivity (Wildman–Crippen MR) is 94.3 cm³/mol. The maximum atomic E-state index is 13.1. The SMILES string of the molecule is O=C(c1ccccc1)N1Cc2cc3c(cc2C2=C1CCCC2)OCO3. The molecule has 2 aliphatic heterocycles. The Morgan fingerprint density at radius 1 is 0.960 bits per heavy atom. The summed E-state index contributed by atoms with van der Waals surface area (Å²) < 4.78 is 11.1. The molecule has 0 saturated heterocycles. The largest absolute Gasteiger partial charge is 0.454 e. The maximum Gasteiger partial charge on any atom is 0.258 e. The van der Waals surface area contributed by atoms with E-state index in [1.54, 1.807) is 0 Å². The Balaban J connectivity index is 1.62. The molecule has 0 spiro atoms. The second-order valence-electron chi connectivity index (χ2n) is 6.75. The average Bonchev–Trinajstić information content (AvgIpc) is 3.13. The van der Waals surface area contributed by atoms with Crippen LogP contribution in [0.15, 0.2) is 48.2 Å². The van der Waals surface area contributed by atoms with Gasteiger partial charge in [-0.05, 0) is 66.6 Å². The molecular weight excluding hydrogens is 314 g/mol. The van der Waals surface area contributed by atoms with Gasteiger partial charge >= 0.3 is 0 Å². The third-order valence-electron chi connectivity index (χ3n) is 5.28. The number of amides is 1. The summed E-state index contributed by atoms with van der Waals surface area (Å²) in [7, 11) is 0. The molecule has 2 aromatic rings. The summed E-state index contributed by atoms with van der Waals surface area (Å²) in [5.41, 5.74) is 5.61. The van der Waals surface area contributed by atoms with Crippen molar-refractivity contribution in [3.8, 4) is 11.5 Å². The van der Waals surface area contributed by atoms with Crippen molar-refractivity contribution < 1.29 is 14.3 Å². The van der Waals surface area contributed by atoms with E-state index in [1.807, 2.05) is 41.3 Å². The zero-order valence-corrected chi connectivity index (χ0v) is 14.0. The highest BCUT2D eigenvalue weighted by Crippen LogP contribution is 2.45. The van der Waals surface area contributed by atoms with Crippen LogP contribution in [0.3, 0.4) is 0 Å². The molecule has 25 heavy (non-hydrogen) atoms. The monoisotopic (exact) mass is 333 g/mol. The molecule has 0 radical (unpaired) electrons. The van der Waals surface area contributed by atoms with Gasteiger partial charge in [0.25, 0.3) is 5.91 Å². The summed E-state index contributed by atoms with van der Waals surface area (Å²) in [4.78, 5) is 15.1. The molecule has 4 heteroatoms. The van der Waals surface area contributed by atoms with Gasteiger partial charge in [-0.3, -0.25) is 4.79 Å². The third-order valence-corrected chi connectivity index (χ3v) is 5.28. The molecule has 0 saturated carbocycles. The molecule has 4 nitrogen and oxygen atoms in total. The molecule has 5 rings (SSSR count). The number of hydrogen-bond acceptors (Lipinski definition) is 3. The van der Waals surface area contributed by atoms with Crippen LogP contribution in [0.25, 0.3) is 5.57 Å². The zero-order chi connectivity index (χ0) is 16.8. The Morgan fingerprint density at radius 3 is 2.56 bits per heavy atom. The van der Waals surface area contributed by atoms with Gasteiger partial charge < -0.3 is 14.4 Å². The molecular formula is C21H19NO3. The number of benzene rings is 2. The van der Waals surface area contributed by atoms with Crippen molar-refractivity contribution in [2.24, 2.45) is 0 Å². The van der Waals surface area contributed by atoms with E-state index in [9.17, 15) is 4.79 Å². The van der Waals surface area contributed by atoms with Gasteiger partial charge in [0, 0.05) is 11.3 Å². The number of carbonyl (C=O) groups is 1. The first-order valence-electron chi connectivity index (χ1n) is 8.83. The highest BCUT2D eigenvalue weighted by Gasteiger charge is 2.32. The number of hydrogen-bond donors (Lipinski definition) is 0. The van der Waals surface area contributed by atoms with Crippen LogP contribution < -0.4 is 9.47 Å². The minimum absolute atomic E-state index is 0.0818. The number of fused-ring (bicyclic) bond motifs is 3. The maximum absolute atomic E-state index is 13.1. The topological polar surface area (TPSA) is 38.8 Å². The summed E-state index contributed by atoms with van der Waals surface area (Å²) >= 11 is 0. The minimum atomic E-state index is 0.0818. The molecule has 1 amide bonds. The van der Waals surface area contributed by atoms with Crippen LogP contribution in [0.1, 0.15) is 47.2 Å². The molecule has 126 valence electrons. The van der Waals surface area contributed by atoms with Gasteiger partial charge in [-0.25, -0.2) is 0 Å². The molecule has 2 heterocycles. The first kappa shape index (κ1) is 14.6. The zero-order valence-electron chi connectivity index (χ0n) is 14.0. The fourth-order valence-electron chi connectivity index (χ4n) is 4.07.